The van der Waals surface area contributed by atoms with Crippen molar-refractivity contribution >= 4 is 17.5 Å². The summed E-state index contributed by atoms with van der Waals surface area (Å²) >= 11 is 6.03. The number of benzene rings is 1. The van der Waals surface area contributed by atoms with E-state index in [1.807, 2.05) is 0 Å². The first-order chi connectivity index (χ1) is 11.6. The number of hydrogen-bond acceptors (Lipinski definition) is 4. The number of carbonyl (C=O) groups excluding carboxylic acids is 1. The molecule has 0 N–H and O–H groups in total. The highest BCUT2D eigenvalue weighted by Crippen LogP contribution is 2.40. The van der Waals surface area contributed by atoms with E-state index < -0.39 is 5.82 Å². The van der Waals surface area contributed by atoms with E-state index in [4.69, 9.17) is 16.1 Å². The maximum Gasteiger partial charge on any atom is 0.229 e. The lowest BCUT2D eigenvalue weighted by atomic mass is 10.1. The Kier molecular flexibility index (Phi) is 4.00. The second-order valence-corrected chi connectivity index (χ2v) is 6.79. The molecule has 1 aromatic heterocycles. The molecule has 7 heteroatoms. The summed E-state index contributed by atoms with van der Waals surface area (Å²) in [5.74, 6) is 0.988. The summed E-state index contributed by atoms with van der Waals surface area (Å²) in [5.41, 5.74) is 0.238. The fourth-order valence-electron chi connectivity index (χ4n) is 3.17. The first-order valence-electron chi connectivity index (χ1n) is 8.19. The van der Waals surface area contributed by atoms with Gasteiger partial charge in [-0.3, -0.25) is 4.79 Å². The molecular weight excluding hydrogens is 333 g/mol. The van der Waals surface area contributed by atoms with E-state index in [-0.39, 0.29) is 29.0 Å². The van der Waals surface area contributed by atoms with Crippen molar-refractivity contribution in [3.05, 3.63) is 46.3 Å². The molecule has 0 spiro atoms. The van der Waals surface area contributed by atoms with E-state index in [0.29, 0.717) is 24.2 Å². The molecule has 4 rings (SSSR count). The van der Waals surface area contributed by atoms with Gasteiger partial charge in [0, 0.05) is 23.0 Å². The molecule has 2 aromatic rings. The van der Waals surface area contributed by atoms with E-state index in [2.05, 4.69) is 10.1 Å². The van der Waals surface area contributed by atoms with Crippen molar-refractivity contribution in [1.82, 2.24) is 15.0 Å². The maximum absolute atomic E-state index is 13.9. The van der Waals surface area contributed by atoms with Crippen LogP contribution in [0.4, 0.5) is 4.39 Å². The predicted octanol–water partition coefficient (Wildman–Crippen LogP) is 3.65. The molecule has 1 atom stereocenters. The Hall–Kier alpha value is -1.95. The van der Waals surface area contributed by atoms with Crippen molar-refractivity contribution in [2.75, 3.05) is 6.54 Å². The van der Waals surface area contributed by atoms with E-state index in [1.165, 1.54) is 12.1 Å². The van der Waals surface area contributed by atoms with Gasteiger partial charge < -0.3 is 9.42 Å². The molecule has 1 saturated heterocycles. The number of aromatic nitrogens is 2. The number of halogens is 2. The van der Waals surface area contributed by atoms with Crippen LogP contribution in [0.15, 0.2) is 22.7 Å². The second-order valence-electron chi connectivity index (χ2n) is 6.39. The third-order valence-electron chi connectivity index (χ3n) is 4.64. The molecule has 0 unspecified atom stereocenters. The van der Waals surface area contributed by atoms with Gasteiger partial charge >= 0.3 is 0 Å². The van der Waals surface area contributed by atoms with Gasteiger partial charge in [0.25, 0.3) is 0 Å². The van der Waals surface area contributed by atoms with Gasteiger partial charge in [0.05, 0.1) is 12.5 Å². The van der Waals surface area contributed by atoms with Gasteiger partial charge in [-0.05, 0) is 37.8 Å². The van der Waals surface area contributed by atoms with Gasteiger partial charge in [-0.1, -0.05) is 22.8 Å². The van der Waals surface area contributed by atoms with Crippen molar-refractivity contribution in [1.29, 1.82) is 0 Å². The van der Waals surface area contributed by atoms with Crippen molar-refractivity contribution in [2.45, 2.75) is 44.1 Å². The Labute approximate surface area is 143 Å². The number of rotatable bonds is 4. The molecule has 2 heterocycles. The number of carbonyl (C=O) groups is 1. The van der Waals surface area contributed by atoms with Crippen LogP contribution in [-0.4, -0.2) is 27.5 Å². The van der Waals surface area contributed by atoms with Gasteiger partial charge in [-0.15, -0.1) is 0 Å². The third-order valence-corrected chi connectivity index (χ3v) is 5.00. The summed E-state index contributed by atoms with van der Waals surface area (Å²) in [5, 5.41) is 4.33. The molecule has 0 bridgehead atoms. The van der Waals surface area contributed by atoms with Gasteiger partial charge in [0.2, 0.25) is 11.8 Å². The quantitative estimate of drug-likeness (QED) is 0.845. The molecule has 5 nitrogen and oxygen atoms in total. The van der Waals surface area contributed by atoms with Crippen molar-refractivity contribution < 1.29 is 13.7 Å². The van der Waals surface area contributed by atoms with Gasteiger partial charge in [0.15, 0.2) is 5.82 Å². The highest BCUT2D eigenvalue weighted by atomic mass is 35.5. The molecule has 1 aromatic carbocycles. The third kappa shape index (κ3) is 2.90. The number of likely N-dealkylation sites (tertiary alicyclic amines) is 1. The van der Waals surface area contributed by atoms with Crippen LogP contribution in [0.1, 0.15) is 54.9 Å². The Bertz CT molecular complexity index is 755. The molecule has 1 saturated carbocycles. The van der Waals surface area contributed by atoms with E-state index in [9.17, 15) is 9.18 Å². The zero-order valence-corrected chi connectivity index (χ0v) is 13.8. The minimum absolute atomic E-state index is 0.0602. The van der Waals surface area contributed by atoms with Crippen LogP contribution in [-0.2, 0) is 11.2 Å². The Morgan fingerprint density at radius 3 is 2.96 bits per heavy atom. The number of nitrogens with zero attached hydrogens (tertiary/aromatic N) is 3. The first kappa shape index (κ1) is 15.6. The Balaban J connectivity index is 1.52. The molecular formula is C17H17ClFN3O2. The zero-order chi connectivity index (χ0) is 16.7. The standard InChI is InChI=1S/C17H17ClFN3O2/c18-12-3-1-4-13(19)11(12)9-15(23)22-8-2-5-14(22)16-20-17(24-21-16)10-6-7-10/h1,3-4,10,14H,2,5-9H2/t14-/m0/s1. The Morgan fingerprint density at radius 2 is 2.21 bits per heavy atom. The fourth-order valence-corrected chi connectivity index (χ4v) is 3.40. The lowest BCUT2D eigenvalue weighted by Crippen LogP contribution is -2.32. The topological polar surface area (TPSA) is 59.2 Å². The molecule has 1 aliphatic carbocycles. The van der Waals surface area contributed by atoms with Gasteiger partial charge in [0.1, 0.15) is 5.82 Å². The second kappa shape index (κ2) is 6.16. The highest BCUT2D eigenvalue weighted by molar-refractivity contribution is 6.31. The smallest absolute Gasteiger partial charge is 0.229 e. The summed E-state index contributed by atoms with van der Waals surface area (Å²) in [6, 6.07) is 4.25. The lowest BCUT2D eigenvalue weighted by molar-refractivity contribution is -0.131. The summed E-state index contributed by atoms with van der Waals surface area (Å²) < 4.78 is 19.2. The van der Waals surface area contributed by atoms with Gasteiger partial charge in [-0.2, -0.15) is 4.98 Å². The molecule has 2 fully saturated rings. The maximum atomic E-state index is 13.9. The molecule has 0 radical (unpaired) electrons. The summed E-state index contributed by atoms with van der Waals surface area (Å²) in [6.07, 6.45) is 3.77. The largest absolute Gasteiger partial charge is 0.339 e. The number of hydrogen-bond donors (Lipinski definition) is 0. The van der Waals surface area contributed by atoms with Crippen LogP contribution in [0.2, 0.25) is 5.02 Å². The van der Waals surface area contributed by atoms with E-state index in [0.717, 1.165) is 25.7 Å². The van der Waals surface area contributed by atoms with E-state index in [1.54, 1.807) is 11.0 Å². The van der Waals surface area contributed by atoms with Crippen LogP contribution < -0.4 is 0 Å². The summed E-state index contributed by atoms with van der Waals surface area (Å²) in [4.78, 5) is 18.8. The van der Waals surface area contributed by atoms with Crippen LogP contribution in [0.25, 0.3) is 0 Å². The van der Waals surface area contributed by atoms with Gasteiger partial charge in [-0.25, -0.2) is 4.39 Å². The Morgan fingerprint density at radius 1 is 1.38 bits per heavy atom. The average Bonchev–Trinajstić information content (AvgIpc) is 3.10. The average molecular weight is 350 g/mol. The van der Waals surface area contributed by atoms with Crippen LogP contribution in [0.5, 0.6) is 0 Å². The van der Waals surface area contributed by atoms with Crippen LogP contribution in [0, 0.1) is 5.82 Å². The van der Waals surface area contributed by atoms with Crippen LogP contribution in [0.3, 0.4) is 0 Å². The number of amides is 1. The monoisotopic (exact) mass is 349 g/mol. The van der Waals surface area contributed by atoms with Crippen molar-refractivity contribution in [2.24, 2.45) is 0 Å². The van der Waals surface area contributed by atoms with Crippen LogP contribution >= 0.6 is 11.6 Å². The molecule has 1 aliphatic heterocycles. The fraction of sp³-hybridized carbons (Fsp3) is 0.471. The van der Waals surface area contributed by atoms with E-state index >= 15 is 0 Å². The minimum atomic E-state index is -0.456. The van der Waals surface area contributed by atoms with Crippen molar-refractivity contribution in [3.63, 3.8) is 0 Å². The summed E-state index contributed by atoms with van der Waals surface area (Å²) in [7, 11) is 0. The zero-order valence-electron chi connectivity index (χ0n) is 13.0. The molecule has 2 aliphatic rings. The normalized spacial score (nSPS) is 20.6. The minimum Gasteiger partial charge on any atom is -0.339 e. The SMILES string of the molecule is O=C(Cc1c(F)cccc1Cl)N1CCC[C@H]1c1noc(C2CC2)n1. The summed E-state index contributed by atoms with van der Waals surface area (Å²) in [6.45, 7) is 0.614. The molecule has 24 heavy (non-hydrogen) atoms. The van der Waals surface area contributed by atoms with Crippen molar-refractivity contribution in [3.8, 4) is 0 Å². The first-order valence-corrected chi connectivity index (χ1v) is 8.57. The predicted molar refractivity (Wildman–Crippen MR) is 85.1 cm³/mol. The lowest BCUT2D eigenvalue weighted by Gasteiger charge is -2.22. The highest BCUT2D eigenvalue weighted by Gasteiger charge is 2.36. The molecule has 126 valence electrons. The molecule has 1 amide bonds.